The zero-order valence-electron chi connectivity index (χ0n) is 12.0. The van der Waals surface area contributed by atoms with Crippen molar-refractivity contribution in [1.82, 2.24) is 4.31 Å². The highest BCUT2D eigenvalue weighted by atomic mass is 32.2. The van der Waals surface area contributed by atoms with Gasteiger partial charge in [-0.2, -0.15) is 12.7 Å². The van der Waals surface area contributed by atoms with Gasteiger partial charge in [-0.25, -0.2) is 9.18 Å². The summed E-state index contributed by atoms with van der Waals surface area (Å²) in [5.41, 5.74) is -0.557. The zero-order chi connectivity index (χ0) is 16.0. The summed E-state index contributed by atoms with van der Waals surface area (Å²) in [7, 11) is -3.79. The topological polar surface area (TPSA) is 86.7 Å². The fourth-order valence-electron chi connectivity index (χ4n) is 1.82. The van der Waals surface area contributed by atoms with E-state index in [2.05, 4.69) is 4.72 Å². The van der Waals surface area contributed by atoms with Gasteiger partial charge in [0.1, 0.15) is 5.82 Å². The van der Waals surface area contributed by atoms with Gasteiger partial charge in [0.05, 0.1) is 11.3 Å². The number of carbonyl (C=O) groups is 1. The van der Waals surface area contributed by atoms with E-state index in [0.717, 1.165) is 12.1 Å². The first-order valence-corrected chi connectivity index (χ1v) is 8.06. The molecule has 2 N–H and O–H groups in total. The fourth-order valence-corrected chi connectivity index (χ4v) is 3.22. The van der Waals surface area contributed by atoms with Gasteiger partial charge in [0.25, 0.3) is 0 Å². The molecule has 0 aliphatic carbocycles. The summed E-state index contributed by atoms with van der Waals surface area (Å²) >= 11 is 0. The molecule has 1 aromatic rings. The van der Waals surface area contributed by atoms with Crippen LogP contribution in [0.1, 0.15) is 37.0 Å². The molecule has 0 radical (unpaired) electrons. The smallest absolute Gasteiger partial charge is 0.338 e. The van der Waals surface area contributed by atoms with Gasteiger partial charge in [-0.1, -0.05) is 13.8 Å². The first-order valence-electron chi connectivity index (χ1n) is 6.62. The first kappa shape index (κ1) is 17.4. The lowest BCUT2D eigenvalue weighted by molar-refractivity contribution is 0.0692. The van der Waals surface area contributed by atoms with Crippen LogP contribution in [-0.2, 0) is 10.2 Å². The van der Waals surface area contributed by atoms with E-state index in [1.165, 1.54) is 10.4 Å². The lowest BCUT2D eigenvalue weighted by Gasteiger charge is -2.21. The summed E-state index contributed by atoms with van der Waals surface area (Å²) in [5, 5.41) is 8.84. The Morgan fingerprint density at radius 1 is 1.29 bits per heavy atom. The van der Waals surface area contributed by atoms with Gasteiger partial charge < -0.3 is 5.11 Å². The summed E-state index contributed by atoms with van der Waals surface area (Å²) in [6.45, 7) is 4.43. The van der Waals surface area contributed by atoms with Crippen LogP contribution in [0.15, 0.2) is 18.2 Å². The van der Waals surface area contributed by atoms with Crippen molar-refractivity contribution < 1.29 is 22.7 Å². The summed E-state index contributed by atoms with van der Waals surface area (Å²) in [6.07, 6.45) is 1.31. The maximum atomic E-state index is 13.3. The van der Waals surface area contributed by atoms with Gasteiger partial charge in [-0.3, -0.25) is 4.72 Å². The number of halogens is 1. The van der Waals surface area contributed by atoms with Crippen molar-refractivity contribution in [3.63, 3.8) is 0 Å². The molecule has 0 amide bonds. The van der Waals surface area contributed by atoms with E-state index in [9.17, 15) is 17.6 Å². The quantitative estimate of drug-likeness (QED) is 0.770. The van der Waals surface area contributed by atoms with Crippen molar-refractivity contribution in [3.05, 3.63) is 29.6 Å². The highest BCUT2D eigenvalue weighted by Gasteiger charge is 2.21. The van der Waals surface area contributed by atoms with E-state index < -0.39 is 27.6 Å². The molecule has 0 spiro atoms. The number of aromatic carboxylic acids is 1. The molecule has 0 atom stereocenters. The van der Waals surface area contributed by atoms with Crippen molar-refractivity contribution >= 4 is 21.9 Å². The number of carboxylic acid groups (broad SMARTS) is 1. The van der Waals surface area contributed by atoms with E-state index in [1.807, 2.05) is 13.8 Å². The monoisotopic (exact) mass is 318 g/mol. The van der Waals surface area contributed by atoms with Crippen LogP contribution >= 0.6 is 0 Å². The van der Waals surface area contributed by atoms with Gasteiger partial charge in [-0.05, 0) is 31.0 Å². The molecular weight excluding hydrogens is 299 g/mol. The Morgan fingerprint density at radius 3 is 2.33 bits per heavy atom. The predicted molar refractivity (Wildman–Crippen MR) is 78.1 cm³/mol. The van der Waals surface area contributed by atoms with Crippen molar-refractivity contribution in [1.29, 1.82) is 0 Å². The van der Waals surface area contributed by atoms with Crippen molar-refractivity contribution in [3.8, 4) is 0 Å². The standard InChI is InChI=1S/C13H19FN2O4S/c1-3-7-16(8-4-2)21(19,20)15-10-5-6-12(14)11(9-10)13(17)18/h5-6,9,15H,3-4,7-8H2,1-2H3,(H,17,18). The molecule has 0 fully saturated rings. The van der Waals surface area contributed by atoms with E-state index in [4.69, 9.17) is 5.11 Å². The van der Waals surface area contributed by atoms with E-state index in [-0.39, 0.29) is 5.69 Å². The molecule has 8 heteroatoms. The number of hydrogen-bond acceptors (Lipinski definition) is 3. The second kappa shape index (κ2) is 7.37. The Bertz CT molecular complexity index is 598. The second-order valence-electron chi connectivity index (χ2n) is 4.51. The van der Waals surface area contributed by atoms with Crippen LogP contribution in [-0.4, -0.2) is 36.9 Å². The van der Waals surface area contributed by atoms with Gasteiger partial charge in [0.2, 0.25) is 0 Å². The summed E-state index contributed by atoms with van der Waals surface area (Å²) in [4.78, 5) is 10.9. The third-order valence-electron chi connectivity index (χ3n) is 2.73. The SMILES string of the molecule is CCCN(CCC)S(=O)(=O)Nc1ccc(F)c(C(=O)O)c1. The number of anilines is 1. The molecule has 6 nitrogen and oxygen atoms in total. The maximum Gasteiger partial charge on any atom is 0.338 e. The number of benzene rings is 1. The summed E-state index contributed by atoms with van der Waals surface area (Å²) in [5.74, 6) is -2.36. The molecular formula is C13H19FN2O4S. The number of rotatable bonds is 8. The molecule has 0 heterocycles. The third kappa shape index (κ3) is 4.68. The minimum atomic E-state index is -3.79. The molecule has 0 unspecified atom stereocenters. The van der Waals surface area contributed by atoms with E-state index in [1.54, 1.807) is 0 Å². The van der Waals surface area contributed by atoms with Gasteiger partial charge >= 0.3 is 16.2 Å². The molecule has 21 heavy (non-hydrogen) atoms. The van der Waals surface area contributed by atoms with Crippen molar-refractivity contribution in [2.75, 3.05) is 17.8 Å². The lowest BCUT2D eigenvalue weighted by Crippen LogP contribution is -2.37. The summed E-state index contributed by atoms with van der Waals surface area (Å²) < 4.78 is 41.3. The number of carboxylic acids is 1. The largest absolute Gasteiger partial charge is 0.478 e. The van der Waals surface area contributed by atoms with Crippen LogP contribution in [0.2, 0.25) is 0 Å². The first-order chi connectivity index (χ1) is 9.81. The molecule has 0 aromatic heterocycles. The number of nitrogens with zero attached hydrogens (tertiary/aromatic N) is 1. The minimum absolute atomic E-state index is 0.0195. The van der Waals surface area contributed by atoms with Gasteiger partial charge in [-0.15, -0.1) is 0 Å². The minimum Gasteiger partial charge on any atom is -0.478 e. The second-order valence-corrected chi connectivity index (χ2v) is 6.18. The maximum absolute atomic E-state index is 13.3. The van der Waals surface area contributed by atoms with Crippen LogP contribution in [0, 0.1) is 5.82 Å². The molecule has 118 valence electrons. The average Bonchev–Trinajstić information content (AvgIpc) is 2.40. The fraction of sp³-hybridized carbons (Fsp3) is 0.462. The van der Waals surface area contributed by atoms with Crippen LogP contribution in [0.4, 0.5) is 10.1 Å². The Labute approximate surface area is 123 Å². The average molecular weight is 318 g/mol. The van der Waals surface area contributed by atoms with Crippen molar-refractivity contribution in [2.45, 2.75) is 26.7 Å². The third-order valence-corrected chi connectivity index (χ3v) is 4.27. The highest BCUT2D eigenvalue weighted by Crippen LogP contribution is 2.17. The highest BCUT2D eigenvalue weighted by molar-refractivity contribution is 7.90. The molecule has 0 bridgehead atoms. The van der Waals surface area contributed by atoms with Crippen LogP contribution in [0.25, 0.3) is 0 Å². The van der Waals surface area contributed by atoms with E-state index >= 15 is 0 Å². The summed E-state index contributed by atoms with van der Waals surface area (Å²) in [6, 6.07) is 3.08. The Morgan fingerprint density at radius 2 is 1.86 bits per heavy atom. The Balaban J connectivity index is 3.02. The molecule has 0 saturated heterocycles. The molecule has 0 saturated carbocycles. The number of hydrogen-bond donors (Lipinski definition) is 2. The molecule has 1 aromatic carbocycles. The Kier molecular flexibility index (Phi) is 6.10. The predicted octanol–water partition coefficient (Wildman–Crippen LogP) is 2.30. The lowest BCUT2D eigenvalue weighted by atomic mass is 10.2. The van der Waals surface area contributed by atoms with Gasteiger partial charge in [0.15, 0.2) is 0 Å². The normalized spacial score (nSPS) is 11.6. The van der Waals surface area contributed by atoms with E-state index in [0.29, 0.717) is 25.9 Å². The molecule has 0 aliphatic rings. The zero-order valence-corrected chi connectivity index (χ0v) is 12.8. The molecule has 0 aliphatic heterocycles. The Hall–Kier alpha value is -1.67. The molecule has 1 rings (SSSR count). The van der Waals surface area contributed by atoms with Crippen LogP contribution in [0.5, 0.6) is 0 Å². The van der Waals surface area contributed by atoms with Gasteiger partial charge in [0, 0.05) is 13.1 Å². The van der Waals surface area contributed by atoms with Crippen molar-refractivity contribution in [2.24, 2.45) is 0 Å². The van der Waals surface area contributed by atoms with Crippen LogP contribution < -0.4 is 4.72 Å². The number of nitrogens with one attached hydrogen (secondary N) is 1. The van der Waals surface area contributed by atoms with Crippen LogP contribution in [0.3, 0.4) is 0 Å².